The zero-order valence-corrected chi connectivity index (χ0v) is 51.3. The molecule has 0 N–H and O–H groups in total. The summed E-state index contributed by atoms with van der Waals surface area (Å²) in [7, 11) is 0. The lowest BCUT2D eigenvalue weighted by molar-refractivity contribution is 0.633. The van der Waals surface area contributed by atoms with Crippen molar-refractivity contribution >= 4 is 164 Å². The molecule has 2 aromatic heterocycles. The number of hydrogen-bond donors (Lipinski definition) is 0. The predicted octanol–water partition coefficient (Wildman–Crippen LogP) is 24.2. The van der Waals surface area contributed by atoms with Crippen LogP contribution < -0.4 is 9.80 Å². The second-order valence-corrected chi connectivity index (χ2v) is 27.2. The highest BCUT2D eigenvalue weighted by Gasteiger charge is 2.40. The van der Waals surface area contributed by atoms with Gasteiger partial charge in [-0.25, -0.2) is 0 Å². The monoisotopic (exact) mass is 1170 g/mol. The normalized spacial score (nSPS) is 14.4. The number of rotatable bonds is 4. The third-order valence-electron chi connectivity index (χ3n) is 21.8. The minimum absolute atomic E-state index is 0.299. The van der Waals surface area contributed by atoms with Gasteiger partial charge in [-0.3, -0.25) is 0 Å². The summed E-state index contributed by atoms with van der Waals surface area (Å²) >= 11 is 0. The van der Waals surface area contributed by atoms with Gasteiger partial charge in [0.25, 0.3) is 0 Å². The molecule has 4 heteroatoms. The van der Waals surface area contributed by atoms with E-state index in [1.807, 2.05) is 0 Å². The van der Waals surface area contributed by atoms with Gasteiger partial charge in [-0.2, -0.15) is 0 Å². The lowest BCUT2D eigenvalue weighted by Crippen LogP contribution is -2.30. The van der Waals surface area contributed by atoms with Crippen LogP contribution >= 0.6 is 0 Å². The van der Waals surface area contributed by atoms with Crippen LogP contribution in [-0.4, -0.2) is 9.13 Å². The lowest BCUT2D eigenvalue weighted by atomic mass is 9.73. The molecule has 4 nitrogen and oxygen atoms in total. The average molecular weight is 1170 g/mol. The summed E-state index contributed by atoms with van der Waals surface area (Å²) in [6.45, 7) is 9.67. The molecule has 4 heterocycles. The van der Waals surface area contributed by atoms with Gasteiger partial charge in [0.1, 0.15) is 0 Å². The van der Waals surface area contributed by atoms with Crippen LogP contribution in [0.15, 0.2) is 279 Å². The first-order chi connectivity index (χ1) is 45.1. The van der Waals surface area contributed by atoms with E-state index < -0.39 is 0 Å². The molecule has 17 aromatic carbocycles. The Morgan fingerprint density at radius 1 is 0.207 bits per heavy atom. The van der Waals surface area contributed by atoms with Crippen molar-refractivity contribution in [2.24, 2.45) is 0 Å². The fourth-order valence-corrected chi connectivity index (χ4v) is 17.6. The number of benzene rings is 17. The van der Waals surface area contributed by atoms with Crippen molar-refractivity contribution in [2.75, 3.05) is 9.80 Å². The third-order valence-corrected chi connectivity index (χ3v) is 21.8. The molecule has 21 rings (SSSR count). The maximum Gasteiger partial charge on any atom is 0.0562 e. The molecule has 0 fully saturated rings. The fraction of sp³-hybridized carbons (Fsp3) is 0.0682. The first-order valence-electron chi connectivity index (χ1n) is 32.4. The Kier molecular flexibility index (Phi) is 9.69. The van der Waals surface area contributed by atoms with Gasteiger partial charge in [0.2, 0.25) is 0 Å². The van der Waals surface area contributed by atoms with Crippen molar-refractivity contribution in [3.05, 3.63) is 301 Å². The van der Waals surface area contributed by atoms with Gasteiger partial charge in [-0.1, -0.05) is 210 Å². The van der Waals surface area contributed by atoms with Crippen LogP contribution in [0.25, 0.3) is 141 Å². The SMILES string of the molecule is CC1(C)c2ccccc2N(c2ccc3c(ccc4cc(N5c6ccccc6C(C)(C)c6cc7c8c9ccc%10cccc%11ccc(cc8n(-c8ccccc8)c7cc65)c9c%11%10)ccc43)c2)c2cc3c(cc21)c1c2ccc4cccc5ccc(cc1n3-c1ccccc1)c2c54. The van der Waals surface area contributed by atoms with E-state index in [0.717, 1.165) is 22.7 Å². The molecular formula is C88H58N4. The van der Waals surface area contributed by atoms with E-state index in [1.165, 1.54) is 175 Å². The smallest absolute Gasteiger partial charge is 0.0562 e. The van der Waals surface area contributed by atoms with Crippen LogP contribution in [0, 0.1) is 0 Å². The van der Waals surface area contributed by atoms with Crippen LogP contribution in [-0.2, 0) is 10.8 Å². The maximum atomic E-state index is 2.55. The Morgan fingerprint density at radius 3 is 1.01 bits per heavy atom. The van der Waals surface area contributed by atoms with Gasteiger partial charge in [0, 0.05) is 55.1 Å². The molecule has 0 unspecified atom stereocenters. The molecule has 0 amide bonds. The van der Waals surface area contributed by atoms with Gasteiger partial charge < -0.3 is 18.9 Å². The van der Waals surface area contributed by atoms with Gasteiger partial charge in [0.05, 0.1) is 44.8 Å². The second kappa shape index (κ2) is 17.7. The molecule has 19 aromatic rings. The molecule has 0 bridgehead atoms. The number of anilines is 6. The van der Waals surface area contributed by atoms with Gasteiger partial charge >= 0.3 is 0 Å². The molecule has 0 radical (unpaired) electrons. The quantitative estimate of drug-likeness (QED) is 0.163. The minimum Gasteiger partial charge on any atom is -0.310 e. The van der Waals surface area contributed by atoms with Gasteiger partial charge in [-0.05, 0) is 205 Å². The van der Waals surface area contributed by atoms with Crippen LogP contribution in [0.1, 0.15) is 49.9 Å². The van der Waals surface area contributed by atoms with Crippen molar-refractivity contribution in [2.45, 2.75) is 38.5 Å². The molecule has 92 heavy (non-hydrogen) atoms. The summed E-state index contributed by atoms with van der Waals surface area (Å²) in [6.07, 6.45) is 0. The summed E-state index contributed by atoms with van der Waals surface area (Å²) in [4.78, 5) is 5.09. The summed E-state index contributed by atoms with van der Waals surface area (Å²) < 4.78 is 5.03. The Bertz CT molecular complexity index is 6020. The molecule has 2 aliphatic rings. The standard InChI is InChI=1S/C88H58N4/c1-87(2)69-25-11-13-27-73(69)91(77-49-75-67(47-71(77)87)85-65-39-35-53-19-15-17-51-29-33-57(83(65)81(51)53)45-79(85)89(75)59-21-7-5-8-22-59)61-37-41-63-55(43-61)31-32-56-44-62(38-42-64(56)63)92-74-28-14-12-26-70(74)88(3,4)72-48-68-76(50-78(72)92)90(60-23-9-6-10-24-60)80-46-58-34-30-52-18-16-20-54-36-40-66(86(68)80)84(58)82(52)54/h5-50H,1-4H3. The van der Waals surface area contributed by atoms with Crippen molar-refractivity contribution in [3.8, 4) is 11.4 Å². The molecule has 430 valence electrons. The van der Waals surface area contributed by atoms with E-state index in [2.05, 4.69) is 326 Å². The summed E-state index contributed by atoms with van der Waals surface area (Å²) in [5.41, 5.74) is 18.9. The Hall–Kier alpha value is -11.5. The molecule has 2 aliphatic heterocycles. The van der Waals surface area contributed by atoms with Crippen LogP contribution in [0.5, 0.6) is 0 Å². The van der Waals surface area contributed by atoms with Crippen LogP contribution in [0.3, 0.4) is 0 Å². The Morgan fingerprint density at radius 2 is 0.576 bits per heavy atom. The second-order valence-electron chi connectivity index (χ2n) is 27.2. The van der Waals surface area contributed by atoms with E-state index in [1.54, 1.807) is 0 Å². The highest BCUT2D eigenvalue weighted by molar-refractivity contribution is 6.35. The summed E-state index contributed by atoms with van der Waals surface area (Å²) in [5.74, 6) is 0. The first kappa shape index (κ1) is 50.4. The van der Waals surface area contributed by atoms with Crippen molar-refractivity contribution < 1.29 is 0 Å². The number of fused-ring (bicyclic) bond motifs is 15. The van der Waals surface area contributed by atoms with E-state index in [4.69, 9.17) is 0 Å². The number of para-hydroxylation sites is 4. The van der Waals surface area contributed by atoms with Crippen molar-refractivity contribution in [1.82, 2.24) is 9.13 Å². The highest BCUT2D eigenvalue weighted by Crippen LogP contribution is 2.58. The van der Waals surface area contributed by atoms with Crippen LogP contribution in [0.4, 0.5) is 34.1 Å². The van der Waals surface area contributed by atoms with E-state index in [-0.39, 0.29) is 10.8 Å². The first-order valence-corrected chi connectivity index (χ1v) is 32.4. The van der Waals surface area contributed by atoms with Crippen molar-refractivity contribution in [1.29, 1.82) is 0 Å². The van der Waals surface area contributed by atoms with Gasteiger partial charge in [0.15, 0.2) is 0 Å². The molecule has 0 spiro atoms. The lowest BCUT2D eigenvalue weighted by Gasteiger charge is -2.42. The van der Waals surface area contributed by atoms with E-state index in [0.29, 0.717) is 0 Å². The predicted molar refractivity (Wildman–Crippen MR) is 391 cm³/mol. The van der Waals surface area contributed by atoms with E-state index >= 15 is 0 Å². The zero-order chi connectivity index (χ0) is 60.6. The molecule has 0 saturated carbocycles. The Balaban J connectivity index is 0.746. The van der Waals surface area contributed by atoms with Crippen molar-refractivity contribution in [3.63, 3.8) is 0 Å². The molecule has 0 aliphatic carbocycles. The summed E-state index contributed by atoms with van der Waals surface area (Å²) in [5, 5.41) is 25.6. The summed E-state index contributed by atoms with van der Waals surface area (Å²) in [6, 6.07) is 106. The number of nitrogens with zero attached hydrogens (tertiary/aromatic N) is 4. The van der Waals surface area contributed by atoms with Crippen LogP contribution in [0.2, 0.25) is 0 Å². The maximum absolute atomic E-state index is 2.55. The largest absolute Gasteiger partial charge is 0.310 e. The van der Waals surface area contributed by atoms with E-state index in [9.17, 15) is 0 Å². The minimum atomic E-state index is -0.299. The molecule has 0 atom stereocenters. The fourth-order valence-electron chi connectivity index (χ4n) is 17.6. The van der Waals surface area contributed by atoms with Gasteiger partial charge in [-0.15, -0.1) is 0 Å². The average Bonchev–Trinajstić information content (AvgIpc) is 1.45. The Labute approximate surface area is 530 Å². The number of hydrogen-bond acceptors (Lipinski definition) is 2. The molecule has 0 saturated heterocycles. The topological polar surface area (TPSA) is 16.3 Å². The number of aromatic nitrogens is 2. The zero-order valence-electron chi connectivity index (χ0n) is 51.3. The third kappa shape index (κ3) is 6.50. The molecular weight excluding hydrogens is 1110 g/mol. The highest BCUT2D eigenvalue weighted by atomic mass is 15.2.